The van der Waals surface area contributed by atoms with Crippen LogP contribution in [0.5, 0.6) is 0 Å². The molecule has 0 saturated heterocycles. The molecule has 2 heterocycles. The molecular formula is C46H33N3. The van der Waals surface area contributed by atoms with Crippen molar-refractivity contribution in [2.45, 2.75) is 31.1 Å². The topological polar surface area (TPSA) is 38.7 Å². The Hall–Kier alpha value is -5.93. The summed E-state index contributed by atoms with van der Waals surface area (Å²) < 4.78 is 0. The van der Waals surface area contributed by atoms with E-state index in [0.717, 1.165) is 54.0 Å². The number of nitrogens with zero attached hydrogens (tertiary/aromatic N) is 3. The third-order valence-corrected chi connectivity index (χ3v) is 10.8. The van der Waals surface area contributed by atoms with E-state index in [4.69, 9.17) is 9.97 Å². The van der Waals surface area contributed by atoms with Crippen LogP contribution in [-0.4, -0.2) is 15.0 Å². The van der Waals surface area contributed by atoms with Crippen LogP contribution in [0.15, 0.2) is 158 Å². The van der Waals surface area contributed by atoms with Gasteiger partial charge in [-0.25, -0.2) is 9.97 Å². The second kappa shape index (κ2) is 11.1. The predicted octanol–water partition coefficient (Wildman–Crippen LogP) is 11.0. The van der Waals surface area contributed by atoms with E-state index in [2.05, 4.69) is 145 Å². The molecule has 0 aliphatic heterocycles. The van der Waals surface area contributed by atoms with Gasteiger partial charge < -0.3 is 0 Å². The number of hydrogen-bond acceptors (Lipinski definition) is 3. The molecule has 6 aromatic rings. The highest BCUT2D eigenvalue weighted by Gasteiger charge is 2.52. The normalized spacial score (nSPS) is 18.2. The molecule has 232 valence electrons. The summed E-state index contributed by atoms with van der Waals surface area (Å²) >= 11 is 0. The molecule has 49 heavy (non-hydrogen) atoms. The molecule has 0 unspecified atom stereocenters. The summed E-state index contributed by atoms with van der Waals surface area (Å²) in [5.74, 6) is 0.807. The van der Waals surface area contributed by atoms with Crippen LogP contribution in [0.25, 0.3) is 55.9 Å². The van der Waals surface area contributed by atoms with Crippen molar-refractivity contribution in [2.75, 3.05) is 0 Å². The first-order valence-corrected chi connectivity index (χ1v) is 17.3. The van der Waals surface area contributed by atoms with Gasteiger partial charge in [-0.2, -0.15) is 0 Å². The number of aromatic nitrogens is 3. The Kier molecular flexibility index (Phi) is 6.35. The van der Waals surface area contributed by atoms with E-state index in [0.29, 0.717) is 0 Å². The number of hydrogen-bond donors (Lipinski definition) is 0. The van der Waals surface area contributed by atoms with Crippen molar-refractivity contribution in [3.63, 3.8) is 0 Å². The minimum absolute atomic E-state index is 0.349. The third kappa shape index (κ3) is 4.25. The van der Waals surface area contributed by atoms with Gasteiger partial charge in [0.05, 0.1) is 16.8 Å². The Balaban J connectivity index is 1.14. The van der Waals surface area contributed by atoms with E-state index in [9.17, 15) is 0 Å². The maximum Gasteiger partial charge on any atom is 0.156 e. The van der Waals surface area contributed by atoms with Gasteiger partial charge in [0.25, 0.3) is 0 Å². The number of allylic oxidation sites excluding steroid dienone is 8. The van der Waals surface area contributed by atoms with Crippen molar-refractivity contribution < 1.29 is 0 Å². The van der Waals surface area contributed by atoms with Crippen molar-refractivity contribution in [3.8, 4) is 44.8 Å². The quantitative estimate of drug-likeness (QED) is 0.195. The molecule has 3 nitrogen and oxygen atoms in total. The first kappa shape index (κ1) is 28.1. The molecule has 0 fully saturated rings. The summed E-state index contributed by atoms with van der Waals surface area (Å²) in [4.78, 5) is 14.8. The van der Waals surface area contributed by atoms with Gasteiger partial charge in [0.15, 0.2) is 5.82 Å². The largest absolute Gasteiger partial charge is 0.264 e. The molecule has 4 aliphatic rings. The molecule has 0 bridgehead atoms. The molecule has 3 heteroatoms. The Morgan fingerprint density at radius 3 is 2.22 bits per heavy atom. The molecule has 1 spiro atoms. The molecule has 0 N–H and O–H groups in total. The summed E-state index contributed by atoms with van der Waals surface area (Å²) in [5, 5.41) is 0. The van der Waals surface area contributed by atoms with Gasteiger partial charge in [0.1, 0.15) is 0 Å². The van der Waals surface area contributed by atoms with E-state index in [1.54, 1.807) is 0 Å². The Morgan fingerprint density at radius 2 is 1.33 bits per heavy atom. The Labute approximate surface area is 286 Å². The standard InChI is InChI=1S/C46H33N3/c1-3-12-30(13-4-1)43-28-44(49-45(48-43)31-14-5-2-6-15-31)34-17-11-16-32(26-34)33-22-23-37-38-29-47-25-24-41(38)46(42(37)27-33)39-20-9-7-18-35(39)36-19-8-10-21-40(36)46/h1-5,7,9-14,16-18,20-29H,6,8,15,19H2/t46-/m0/s1. The Bertz CT molecular complexity index is 2450. The van der Waals surface area contributed by atoms with E-state index >= 15 is 0 Å². The lowest BCUT2D eigenvalue weighted by Crippen LogP contribution is -2.27. The second-order valence-corrected chi connectivity index (χ2v) is 13.4. The minimum Gasteiger partial charge on any atom is -0.264 e. The van der Waals surface area contributed by atoms with E-state index in [1.165, 1.54) is 61.2 Å². The summed E-state index contributed by atoms with van der Waals surface area (Å²) in [7, 11) is 0. The van der Waals surface area contributed by atoms with Gasteiger partial charge >= 0.3 is 0 Å². The lowest BCUT2D eigenvalue weighted by Gasteiger charge is -2.32. The highest BCUT2D eigenvalue weighted by molar-refractivity contribution is 5.96. The monoisotopic (exact) mass is 627 g/mol. The molecule has 2 aromatic heterocycles. The van der Waals surface area contributed by atoms with Gasteiger partial charge in [-0.3, -0.25) is 4.98 Å². The van der Waals surface area contributed by atoms with Crippen LogP contribution in [0.2, 0.25) is 0 Å². The van der Waals surface area contributed by atoms with Crippen molar-refractivity contribution in [1.29, 1.82) is 0 Å². The molecule has 10 rings (SSSR count). The molecule has 0 saturated carbocycles. The van der Waals surface area contributed by atoms with Gasteiger partial charge in [-0.15, -0.1) is 0 Å². The van der Waals surface area contributed by atoms with Crippen LogP contribution >= 0.6 is 0 Å². The van der Waals surface area contributed by atoms with Crippen molar-refractivity contribution >= 4 is 11.1 Å². The minimum atomic E-state index is -0.349. The van der Waals surface area contributed by atoms with Crippen molar-refractivity contribution in [2.24, 2.45) is 0 Å². The number of fused-ring (bicyclic) bond motifs is 9. The molecule has 0 radical (unpaired) electrons. The highest BCUT2D eigenvalue weighted by atomic mass is 14.9. The maximum atomic E-state index is 5.17. The van der Waals surface area contributed by atoms with E-state index in [1.807, 2.05) is 12.3 Å². The second-order valence-electron chi connectivity index (χ2n) is 13.4. The average molecular weight is 628 g/mol. The first-order chi connectivity index (χ1) is 24.3. The zero-order valence-electron chi connectivity index (χ0n) is 27.1. The van der Waals surface area contributed by atoms with Crippen LogP contribution in [0, 0.1) is 0 Å². The average Bonchev–Trinajstić information content (AvgIpc) is 3.66. The summed E-state index contributed by atoms with van der Waals surface area (Å²) in [5.41, 5.74) is 18.1. The van der Waals surface area contributed by atoms with Crippen LogP contribution in [0.3, 0.4) is 0 Å². The lowest BCUT2D eigenvalue weighted by molar-refractivity contribution is 0.779. The molecular weight excluding hydrogens is 595 g/mol. The number of benzene rings is 4. The molecule has 1 atom stereocenters. The van der Waals surface area contributed by atoms with Crippen LogP contribution in [-0.2, 0) is 5.41 Å². The SMILES string of the molecule is C1=CCCC(c2nc(-c3ccccc3)cc(-c3cccc(-c4ccc5c(c4)[C@@]4(C6=C(CCC=C6)c6ccccc64)c4ccncc4-5)c3)n2)=C1. The zero-order valence-corrected chi connectivity index (χ0v) is 27.1. The number of rotatable bonds is 4. The fourth-order valence-electron chi connectivity index (χ4n) is 8.59. The lowest BCUT2D eigenvalue weighted by atomic mass is 9.69. The van der Waals surface area contributed by atoms with Crippen LogP contribution < -0.4 is 0 Å². The first-order valence-electron chi connectivity index (χ1n) is 17.3. The van der Waals surface area contributed by atoms with Gasteiger partial charge in [-0.05, 0) is 106 Å². The van der Waals surface area contributed by atoms with Gasteiger partial charge in [0, 0.05) is 29.1 Å². The fourth-order valence-corrected chi connectivity index (χ4v) is 8.59. The number of pyridine rings is 1. The third-order valence-electron chi connectivity index (χ3n) is 10.8. The highest BCUT2D eigenvalue weighted by Crippen LogP contribution is 2.63. The van der Waals surface area contributed by atoms with Crippen LogP contribution in [0.4, 0.5) is 0 Å². The molecule has 4 aromatic carbocycles. The summed E-state index contributed by atoms with van der Waals surface area (Å²) in [6, 6.07) is 39.8. The fraction of sp³-hybridized carbons (Fsp3) is 0.109. The van der Waals surface area contributed by atoms with E-state index < -0.39 is 0 Å². The van der Waals surface area contributed by atoms with E-state index in [-0.39, 0.29) is 5.41 Å². The predicted molar refractivity (Wildman–Crippen MR) is 200 cm³/mol. The van der Waals surface area contributed by atoms with Crippen molar-refractivity contribution in [1.82, 2.24) is 15.0 Å². The van der Waals surface area contributed by atoms with Crippen LogP contribution in [0.1, 0.15) is 53.8 Å². The smallest absolute Gasteiger partial charge is 0.156 e. The summed E-state index contributed by atoms with van der Waals surface area (Å²) in [6.45, 7) is 0. The zero-order chi connectivity index (χ0) is 32.4. The molecule has 0 amide bonds. The summed E-state index contributed by atoms with van der Waals surface area (Å²) in [6.07, 6.45) is 19.4. The Morgan fingerprint density at radius 1 is 0.551 bits per heavy atom. The molecule has 4 aliphatic carbocycles. The van der Waals surface area contributed by atoms with Crippen molar-refractivity contribution in [3.05, 3.63) is 186 Å². The van der Waals surface area contributed by atoms with Gasteiger partial charge in [-0.1, -0.05) is 115 Å². The maximum absolute atomic E-state index is 5.17. The van der Waals surface area contributed by atoms with Gasteiger partial charge in [0.2, 0.25) is 0 Å².